The van der Waals surface area contributed by atoms with Crippen LogP contribution in [-0.4, -0.2) is 68.9 Å². The van der Waals surface area contributed by atoms with Gasteiger partial charge >= 0.3 is 0 Å². The lowest BCUT2D eigenvalue weighted by Gasteiger charge is -2.40. The summed E-state index contributed by atoms with van der Waals surface area (Å²) < 4.78 is 7.54. The van der Waals surface area contributed by atoms with Gasteiger partial charge in [0.1, 0.15) is 0 Å². The maximum atomic E-state index is 13.7. The molecule has 190 valence electrons. The van der Waals surface area contributed by atoms with Crippen molar-refractivity contribution in [3.8, 4) is 5.69 Å². The number of carbonyl (C=O) groups excluding carboxylic acids is 1. The largest absolute Gasteiger partial charge is 0.379 e. The second-order valence-electron chi connectivity index (χ2n) is 8.96. The highest BCUT2D eigenvalue weighted by Crippen LogP contribution is 2.43. The normalized spacial score (nSPS) is 21.1. The van der Waals surface area contributed by atoms with E-state index in [4.69, 9.17) is 16.3 Å². The first kappa shape index (κ1) is 24.8. The Bertz CT molecular complexity index is 1340. The summed E-state index contributed by atoms with van der Waals surface area (Å²) in [5.41, 5.74) is 1.89. The molecule has 1 fully saturated rings. The van der Waals surface area contributed by atoms with Crippen LogP contribution in [0.5, 0.6) is 0 Å². The van der Waals surface area contributed by atoms with Crippen LogP contribution in [0.25, 0.3) is 5.69 Å². The number of ether oxygens (including phenoxy) is 1. The van der Waals surface area contributed by atoms with E-state index in [2.05, 4.69) is 39.4 Å². The number of fused-ring (bicyclic) bond motifs is 2. The van der Waals surface area contributed by atoms with Gasteiger partial charge in [-0.3, -0.25) is 14.3 Å². The molecule has 3 heterocycles. The molecule has 10 heteroatoms. The third-order valence-corrected chi connectivity index (χ3v) is 9.06. The number of anilines is 1. The molecule has 1 amide bonds. The average molecular weight is 552 g/mol. The number of rotatable bonds is 6. The lowest BCUT2D eigenvalue weighted by atomic mass is 10.0. The number of allylic oxidation sites excluding steroid dienone is 2. The van der Waals surface area contributed by atoms with Gasteiger partial charge in [0.05, 0.1) is 42.5 Å². The number of amides is 1. The fraction of sp³-hybridized carbons (Fsp3) is 0.296. The molecule has 0 radical (unpaired) electrons. The molecule has 0 N–H and O–H groups in total. The van der Waals surface area contributed by atoms with Gasteiger partial charge in [0.25, 0.3) is 0 Å². The molecule has 0 bridgehead atoms. The molecular weight excluding hydrogens is 526 g/mol. The molecule has 7 nitrogen and oxygen atoms in total. The summed E-state index contributed by atoms with van der Waals surface area (Å²) in [6.45, 7) is 3.79. The van der Waals surface area contributed by atoms with Crippen LogP contribution < -0.4 is 4.90 Å². The topological polar surface area (TPSA) is 63.5 Å². The molecule has 3 aliphatic rings. The van der Waals surface area contributed by atoms with Crippen molar-refractivity contribution in [2.75, 3.05) is 37.0 Å². The predicted molar refractivity (Wildman–Crippen MR) is 149 cm³/mol. The molecule has 37 heavy (non-hydrogen) atoms. The van der Waals surface area contributed by atoms with E-state index in [0.717, 1.165) is 35.2 Å². The first-order valence-electron chi connectivity index (χ1n) is 12.2. The molecular formula is C27H26ClN5O2S2. The summed E-state index contributed by atoms with van der Waals surface area (Å²) in [7, 11) is 0. The summed E-state index contributed by atoms with van der Waals surface area (Å²) in [5, 5.41) is 10.6. The van der Waals surface area contributed by atoms with Crippen LogP contribution in [0.15, 0.2) is 82.9 Å². The molecule has 2 aliphatic heterocycles. The minimum absolute atomic E-state index is 0.0102. The molecule has 0 unspecified atom stereocenters. The van der Waals surface area contributed by atoms with Gasteiger partial charge in [-0.25, -0.2) is 0 Å². The Balaban J connectivity index is 1.26. The van der Waals surface area contributed by atoms with Crippen molar-refractivity contribution in [3.05, 3.63) is 83.7 Å². The smallest absolute Gasteiger partial charge is 0.238 e. The summed E-state index contributed by atoms with van der Waals surface area (Å²) in [6.07, 6.45) is 8.38. The maximum Gasteiger partial charge on any atom is 0.238 e. The third kappa shape index (κ3) is 5.24. The average Bonchev–Trinajstić information content (AvgIpc) is 3.33. The molecule has 3 aromatic rings. The zero-order valence-electron chi connectivity index (χ0n) is 20.1. The standard InChI is InChI=1S/C27H26ClN5O2S2/c28-19-9-11-20(12-10-19)32-25(17-31-13-15-35-16-14-31)29-30-27(32)36-18-26(34)33-21-5-1-3-7-23(21)37-24-8-4-2-6-22(24)33/h1-12,21,23H,13-18H2/t21-,23+/m1/s1. The van der Waals surface area contributed by atoms with E-state index >= 15 is 0 Å². The molecule has 0 saturated carbocycles. The highest BCUT2D eigenvalue weighted by atomic mass is 35.5. The fourth-order valence-corrected chi connectivity index (χ4v) is 7.00. The number of carbonyl (C=O) groups is 1. The lowest BCUT2D eigenvalue weighted by Crippen LogP contribution is -2.48. The Kier molecular flexibility index (Phi) is 7.39. The highest BCUT2D eigenvalue weighted by Gasteiger charge is 2.36. The van der Waals surface area contributed by atoms with Crippen molar-refractivity contribution in [2.24, 2.45) is 0 Å². The number of hydrogen-bond donors (Lipinski definition) is 0. The number of aromatic nitrogens is 3. The summed E-state index contributed by atoms with van der Waals surface area (Å²) in [5.74, 6) is 1.13. The number of para-hydroxylation sites is 1. The Morgan fingerprint density at radius 3 is 2.68 bits per heavy atom. The van der Waals surface area contributed by atoms with Gasteiger partial charge in [-0.1, -0.05) is 59.8 Å². The molecule has 1 aliphatic carbocycles. The van der Waals surface area contributed by atoms with Crippen molar-refractivity contribution < 1.29 is 9.53 Å². The van der Waals surface area contributed by atoms with Crippen LogP contribution >= 0.6 is 35.1 Å². The van der Waals surface area contributed by atoms with E-state index in [0.29, 0.717) is 29.9 Å². The Morgan fingerprint density at radius 1 is 1.05 bits per heavy atom. The monoisotopic (exact) mass is 551 g/mol. The molecule has 2 aromatic carbocycles. The zero-order valence-corrected chi connectivity index (χ0v) is 22.5. The number of thioether (sulfide) groups is 2. The van der Waals surface area contributed by atoms with Gasteiger partial charge in [-0.15, -0.1) is 22.0 Å². The van der Waals surface area contributed by atoms with E-state index in [1.54, 1.807) is 0 Å². The number of nitrogens with zero attached hydrogens (tertiary/aromatic N) is 5. The van der Waals surface area contributed by atoms with Gasteiger partial charge in [-0.05, 0) is 36.4 Å². The van der Waals surface area contributed by atoms with E-state index in [9.17, 15) is 4.79 Å². The lowest BCUT2D eigenvalue weighted by molar-refractivity contribution is -0.116. The number of hydrogen-bond acceptors (Lipinski definition) is 7. The molecule has 6 rings (SSSR count). The van der Waals surface area contributed by atoms with E-state index in [1.165, 1.54) is 11.8 Å². The minimum Gasteiger partial charge on any atom is -0.379 e. The minimum atomic E-state index is -0.0102. The van der Waals surface area contributed by atoms with Gasteiger partial charge in [-0.2, -0.15) is 0 Å². The molecule has 2 atom stereocenters. The predicted octanol–water partition coefficient (Wildman–Crippen LogP) is 4.85. The van der Waals surface area contributed by atoms with Crippen LogP contribution in [0.1, 0.15) is 5.82 Å². The van der Waals surface area contributed by atoms with Crippen LogP contribution in [-0.2, 0) is 16.1 Å². The number of morpholine rings is 1. The number of halogens is 1. The zero-order chi connectivity index (χ0) is 25.2. The second-order valence-corrected chi connectivity index (χ2v) is 11.6. The van der Waals surface area contributed by atoms with Gasteiger partial charge in [0.2, 0.25) is 5.91 Å². The first-order valence-corrected chi connectivity index (χ1v) is 14.5. The Hall–Kier alpha value is -2.56. The number of benzene rings is 2. The van der Waals surface area contributed by atoms with Crippen LogP contribution in [0.2, 0.25) is 5.02 Å². The van der Waals surface area contributed by atoms with Gasteiger partial charge < -0.3 is 9.64 Å². The quantitative estimate of drug-likeness (QED) is 0.406. The van der Waals surface area contributed by atoms with Crippen molar-refractivity contribution in [1.29, 1.82) is 0 Å². The first-order chi connectivity index (χ1) is 18.2. The van der Waals surface area contributed by atoms with Crippen molar-refractivity contribution >= 4 is 46.7 Å². The highest BCUT2D eigenvalue weighted by molar-refractivity contribution is 8.00. The molecule has 1 aromatic heterocycles. The van der Waals surface area contributed by atoms with E-state index in [1.807, 2.05) is 69.8 Å². The van der Waals surface area contributed by atoms with Crippen LogP contribution in [0.3, 0.4) is 0 Å². The maximum absolute atomic E-state index is 13.7. The fourth-order valence-electron chi connectivity index (χ4n) is 4.78. The van der Waals surface area contributed by atoms with E-state index < -0.39 is 0 Å². The summed E-state index contributed by atoms with van der Waals surface area (Å²) in [6, 6.07) is 15.8. The Labute approximate surface area is 229 Å². The van der Waals surface area contributed by atoms with Gasteiger partial charge in [0.15, 0.2) is 11.0 Å². The van der Waals surface area contributed by atoms with Crippen LogP contribution in [0.4, 0.5) is 5.69 Å². The molecule has 1 saturated heterocycles. The SMILES string of the molecule is O=C(CSc1nnc(CN2CCOCC2)n1-c1ccc(Cl)cc1)N1c2ccccc2S[C@H]2C=CC=C[C@H]21. The molecule has 0 spiro atoms. The van der Waals surface area contributed by atoms with Crippen molar-refractivity contribution in [2.45, 2.75) is 27.9 Å². The Morgan fingerprint density at radius 2 is 1.84 bits per heavy atom. The summed E-state index contributed by atoms with van der Waals surface area (Å²) >= 11 is 9.39. The third-order valence-electron chi connectivity index (χ3n) is 6.59. The van der Waals surface area contributed by atoms with Gasteiger partial charge in [0, 0.05) is 28.7 Å². The van der Waals surface area contributed by atoms with Crippen LogP contribution in [0, 0.1) is 0 Å². The summed E-state index contributed by atoms with van der Waals surface area (Å²) in [4.78, 5) is 19.1. The van der Waals surface area contributed by atoms with E-state index in [-0.39, 0.29) is 23.0 Å². The van der Waals surface area contributed by atoms with Crippen molar-refractivity contribution in [3.63, 3.8) is 0 Å². The van der Waals surface area contributed by atoms with Crippen molar-refractivity contribution in [1.82, 2.24) is 19.7 Å². The second kappa shape index (κ2) is 11.0.